The fourth-order valence-electron chi connectivity index (χ4n) is 0.597. The van der Waals surface area contributed by atoms with Gasteiger partial charge in [-0.25, -0.2) is 4.79 Å². The zero-order chi connectivity index (χ0) is 8.53. The molecule has 0 spiro atoms. The molecule has 0 aliphatic rings. The van der Waals surface area contributed by atoms with Crippen LogP contribution >= 0.6 is 0 Å². The summed E-state index contributed by atoms with van der Waals surface area (Å²) in [5.74, 6) is -0.222. The van der Waals surface area contributed by atoms with Crippen molar-refractivity contribution in [2.24, 2.45) is 0 Å². The zero-order valence-electron chi connectivity index (χ0n) is 7.30. The number of rotatable bonds is 5. The van der Waals surface area contributed by atoms with E-state index >= 15 is 0 Å². The molecule has 0 aromatic rings. The van der Waals surface area contributed by atoms with Gasteiger partial charge in [0.05, 0.1) is 6.61 Å². The van der Waals surface area contributed by atoms with Gasteiger partial charge < -0.3 is 4.74 Å². The predicted molar refractivity (Wildman–Crippen MR) is 45.3 cm³/mol. The molecule has 11 heavy (non-hydrogen) atoms. The van der Waals surface area contributed by atoms with Gasteiger partial charge in [0.25, 0.3) is 0 Å². The summed E-state index contributed by atoms with van der Waals surface area (Å²) in [7, 11) is 0. The Hall–Kier alpha value is -0.790. The number of unbranched alkanes of at least 4 members (excludes halogenated alkanes) is 1. The maximum absolute atomic E-state index is 10.8. The van der Waals surface area contributed by atoms with E-state index in [0.29, 0.717) is 6.61 Å². The highest BCUT2D eigenvalue weighted by Gasteiger charge is 1.92. The lowest BCUT2D eigenvalue weighted by atomic mass is 10.3. The van der Waals surface area contributed by atoms with Crippen LogP contribution in [0.3, 0.4) is 0 Å². The van der Waals surface area contributed by atoms with Gasteiger partial charge in [-0.3, -0.25) is 0 Å². The molecule has 0 aromatic carbocycles. The van der Waals surface area contributed by atoms with Crippen LogP contribution in [0, 0.1) is 0 Å². The van der Waals surface area contributed by atoms with Gasteiger partial charge in [-0.2, -0.15) is 0 Å². The Morgan fingerprint density at radius 1 is 1.36 bits per heavy atom. The standard InChI is InChI=1S/C9H16O2/c1-3-5-6-7-9(10)11-8-4-2/h6-7H,3-5,8H2,1-2H3/b7-6+. The van der Waals surface area contributed by atoms with Crippen LogP contribution in [0.5, 0.6) is 0 Å². The van der Waals surface area contributed by atoms with Crippen LogP contribution in [-0.4, -0.2) is 12.6 Å². The molecule has 0 fully saturated rings. The van der Waals surface area contributed by atoms with E-state index in [1.165, 1.54) is 6.08 Å². The van der Waals surface area contributed by atoms with Gasteiger partial charge in [0.1, 0.15) is 0 Å². The molecule has 0 atom stereocenters. The lowest BCUT2D eigenvalue weighted by Gasteiger charge is -1.96. The molecule has 0 amide bonds. The molecule has 0 aliphatic carbocycles. The van der Waals surface area contributed by atoms with Gasteiger partial charge in [0, 0.05) is 6.08 Å². The quantitative estimate of drug-likeness (QED) is 0.451. The van der Waals surface area contributed by atoms with Crippen LogP contribution in [0.25, 0.3) is 0 Å². The smallest absolute Gasteiger partial charge is 0.330 e. The third-order valence-electron chi connectivity index (χ3n) is 1.16. The van der Waals surface area contributed by atoms with E-state index in [1.54, 1.807) is 0 Å². The summed E-state index contributed by atoms with van der Waals surface area (Å²) < 4.78 is 4.81. The minimum atomic E-state index is -0.222. The van der Waals surface area contributed by atoms with Gasteiger partial charge in [0.15, 0.2) is 0 Å². The van der Waals surface area contributed by atoms with E-state index in [9.17, 15) is 4.79 Å². The first-order valence-electron chi connectivity index (χ1n) is 4.14. The molecule has 64 valence electrons. The number of hydrogen-bond acceptors (Lipinski definition) is 2. The lowest BCUT2D eigenvalue weighted by Crippen LogP contribution is -2.00. The maximum atomic E-state index is 10.8. The number of hydrogen-bond donors (Lipinski definition) is 0. The molecule has 0 radical (unpaired) electrons. The Morgan fingerprint density at radius 2 is 2.09 bits per heavy atom. The maximum Gasteiger partial charge on any atom is 0.330 e. The summed E-state index contributed by atoms with van der Waals surface area (Å²) in [6.45, 7) is 4.57. The lowest BCUT2D eigenvalue weighted by molar-refractivity contribution is -0.137. The Balaban J connectivity index is 3.35. The highest BCUT2D eigenvalue weighted by molar-refractivity contribution is 5.81. The fraction of sp³-hybridized carbons (Fsp3) is 0.667. The highest BCUT2D eigenvalue weighted by Crippen LogP contribution is 1.90. The zero-order valence-corrected chi connectivity index (χ0v) is 7.30. The first-order chi connectivity index (χ1) is 5.31. The molecule has 0 bridgehead atoms. The van der Waals surface area contributed by atoms with Crippen LogP contribution in [0.1, 0.15) is 33.1 Å². The molecule has 0 aromatic heterocycles. The molecule has 0 N–H and O–H groups in total. The summed E-state index contributed by atoms with van der Waals surface area (Å²) in [6, 6.07) is 0. The van der Waals surface area contributed by atoms with Gasteiger partial charge in [-0.05, 0) is 12.8 Å². The summed E-state index contributed by atoms with van der Waals surface area (Å²) in [4.78, 5) is 10.8. The molecule has 2 nitrogen and oxygen atoms in total. The van der Waals surface area contributed by atoms with E-state index < -0.39 is 0 Å². The SMILES string of the molecule is CCC/C=C/C(=O)OCCC. The average molecular weight is 156 g/mol. The average Bonchev–Trinajstić information content (AvgIpc) is 2.01. The van der Waals surface area contributed by atoms with Crippen LogP contribution in [-0.2, 0) is 9.53 Å². The first kappa shape index (κ1) is 10.2. The largest absolute Gasteiger partial charge is 0.463 e. The summed E-state index contributed by atoms with van der Waals surface area (Å²) >= 11 is 0. The predicted octanol–water partition coefficient (Wildman–Crippen LogP) is 2.30. The number of ether oxygens (including phenoxy) is 1. The van der Waals surface area contributed by atoms with Crippen LogP contribution in [0.4, 0.5) is 0 Å². The molecule has 2 heteroatoms. The van der Waals surface area contributed by atoms with Gasteiger partial charge in [0.2, 0.25) is 0 Å². The normalized spacial score (nSPS) is 10.4. The van der Waals surface area contributed by atoms with Crippen LogP contribution in [0.15, 0.2) is 12.2 Å². The first-order valence-corrected chi connectivity index (χ1v) is 4.14. The number of allylic oxidation sites excluding steroid dienone is 1. The third kappa shape index (κ3) is 7.10. The second-order valence-electron chi connectivity index (χ2n) is 2.36. The minimum Gasteiger partial charge on any atom is -0.463 e. The van der Waals surface area contributed by atoms with Crippen molar-refractivity contribution in [1.82, 2.24) is 0 Å². The van der Waals surface area contributed by atoms with Crippen molar-refractivity contribution < 1.29 is 9.53 Å². The Labute approximate surface area is 68.2 Å². The molecule has 0 heterocycles. The van der Waals surface area contributed by atoms with Crippen LogP contribution in [0.2, 0.25) is 0 Å². The third-order valence-corrected chi connectivity index (χ3v) is 1.16. The summed E-state index contributed by atoms with van der Waals surface area (Å²) in [5.41, 5.74) is 0. The molecule has 0 aliphatic heterocycles. The highest BCUT2D eigenvalue weighted by atomic mass is 16.5. The van der Waals surface area contributed by atoms with Gasteiger partial charge in [-0.15, -0.1) is 0 Å². The van der Waals surface area contributed by atoms with Crippen molar-refractivity contribution in [1.29, 1.82) is 0 Å². The summed E-state index contributed by atoms with van der Waals surface area (Å²) in [6.07, 6.45) is 6.24. The van der Waals surface area contributed by atoms with Crippen molar-refractivity contribution in [2.75, 3.05) is 6.61 Å². The van der Waals surface area contributed by atoms with E-state index in [-0.39, 0.29) is 5.97 Å². The van der Waals surface area contributed by atoms with Crippen molar-refractivity contribution in [3.63, 3.8) is 0 Å². The fourth-order valence-corrected chi connectivity index (χ4v) is 0.597. The van der Waals surface area contributed by atoms with Crippen molar-refractivity contribution >= 4 is 5.97 Å². The number of carbonyl (C=O) groups excluding carboxylic acids is 1. The molecular formula is C9H16O2. The van der Waals surface area contributed by atoms with Crippen LogP contribution < -0.4 is 0 Å². The molecule has 0 unspecified atom stereocenters. The van der Waals surface area contributed by atoms with E-state index in [0.717, 1.165) is 19.3 Å². The topological polar surface area (TPSA) is 26.3 Å². The number of esters is 1. The molecule has 0 rings (SSSR count). The van der Waals surface area contributed by atoms with Gasteiger partial charge >= 0.3 is 5.97 Å². The Morgan fingerprint density at radius 3 is 2.64 bits per heavy atom. The van der Waals surface area contributed by atoms with Crippen molar-refractivity contribution in [3.8, 4) is 0 Å². The molecular weight excluding hydrogens is 140 g/mol. The minimum absolute atomic E-state index is 0.222. The van der Waals surface area contributed by atoms with E-state index in [1.807, 2.05) is 13.0 Å². The van der Waals surface area contributed by atoms with E-state index in [2.05, 4.69) is 6.92 Å². The Kier molecular flexibility index (Phi) is 6.79. The van der Waals surface area contributed by atoms with E-state index in [4.69, 9.17) is 4.74 Å². The number of carbonyl (C=O) groups is 1. The molecule has 0 saturated heterocycles. The second-order valence-corrected chi connectivity index (χ2v) is 2.36. The van der Waals surface area contributed by atoms with Gasteiger partial charge in [-0.1, -0.05) is 26.3 Å². The molecule has 0 saturated carbocycles. The van der Waals surface area contributed by atoms with Crippen molar-refractivity contribution in [2.45, 2.75) is 33.1 Å². The second kappa shape index (κ2) is 7.32. The Bertz CT molecular complexity index is 128. The summed E-state index contributed by atoms with van der Waals surface area (Å²) in [5, 5.41) is 0. The van der Waals surface area contributed by atoms with Crippen molar-refractivity contribution in [3.05, 3.63) is 12.2 Å². The monoisotopic (exact) mass is 156 g/mol.